The van der Waals surface area contributed by atoms with E-state index in [-0.39, 0.29) is 29.1 Å². The Morgan fingerprint density at radius 2 is 1.64 bits per heavy atom. The lowest BCUT2D eigenvalue weighted by Gasteiger charge is -2.16. The molecule has 1 aromatic heterocycles. The summed E-state index contributed by atoms with van der Waals surface area (Å²) in [6.45, 7) is 1.44. The van der Waals surface area contributed by atoms with Crippen LogP contribution in [0.1, 0.15) is 51.4 Å². The number of hydrogen-bond acceptors (Lipinski definition) is 8. The van der Waals surface area contributed by atoms with Gasteiger partial charge in [0.25, 0.3) is 0 Å². The quantitative estimate of drug-likeness (QED) is 0.136. The third kappa shape index (κ3) is 8.03. The molecule has 0 bridgehead atoms. The minimum atomic E-state index is -0.229. The fourth-order valence-corrected chi connectivity index (χ4v) is 4.04. The number of aromatic hydroxyl groups is 1. The highest BCUT2D eigenvalue weighted by atomic mass is 16.5. The van der Waals surface area contributed by atoms with Crippen LogP contribution in [-0.4, -0.2) is 29.8 Å². The Kier molecular flexibility index (Phi) is 10.7. The number of ether oxygens (including phenoxy) is 1. The number of nitrogens with two attached hydrogens (primary N) is 3. The molecule has 0 atom stereocenters. The lowest BCUT2D eigenvalue weighted by Crippen LogP contribution is -2.28. The van der Waals surface area contributed by atoms with Gasteiger partial charge in [-0.3, -0.25) is 4.79 Å². The maximum atomic E-state index is 12.7. The van der Waals surface area contributed by atoms with Crippen molar-refractivity contribution in [2.75, 3.05) is 19.7 Å². The van der Waals surface area contributed by atoms with Gasteiger partial charge in [-0.25, -0.2) is 5.84 Å². The molecule has 36 heavy (non-hydrogen) atoms. The van der Waals surface area contributed by atoms with Crippen LogP contribution in [0.3, 0.4) is 0 Å². The van der Waals surface area contributed by atoms with Crippen LogP contribution in [0.4, 0.5) is 0 Å². The molecule has 0 aliphatic carbocycles. The highest BCUT2D eigenvalue weighted by molar-refractivity contribution is 5.86. The third-order valence-electron chi connectivity index (χ3n) is 5.97. The molecule has 0 unspecified atom stereocenters. The first-order valence-electron chi connectivity index (χ1n) is 12.6. The number of nitrogens with zero attached hydrogens (tertiary/aromatic N) is 1. The van der Waals surface area contributed by atoms with E-state index in [1.165, 1.54) is 50.3 Å². The summed E-state index contributed by atoms with van der Waals surface area (Å²) < 4.78 is 11.8. The van der Waals surface area contributed by atoms with Gasteiger partial charge >= 0.3 is 0 Å². The second-order valence-corrected chi connectivity index (χ2v) is 8.98. The monoisotopic (exact) mass is 494 g/mol. The van der Waals surface area contributed by atoms with Crippen LogP contribution >= 0.6 is 0 Å². The Bertz CT molecular complexity index is 1180. The SMILES string of the molecule is NCCCCCCCCCCN(N)/C=C(\N)COc1c(O)ccc2c(=O)cc(-c3ccccc3)oc12. The van der Waals surface area contributed by atoms with Crippen molar-refractivity contribution in [2.24, 2.45) is 17.3 Å². The number of benzene rings is 2. The number of phenolic OH excluding ortho intramolecular Hbond substituents is 1. The molecule has 7 N–H and O–H groups in total. The number of rotatable bonds is 15. The van der Waals surface area contributed by atoms with E-state index < -0.39 is 0 Å². The number of hydrazine groups is 1. The van der Waals surface area contributed by atoms with Crippen LogP contribution in [-0.2, 0) is 0 Å². The molecule has 194 valence electrons. The minimum Gasteiger partial charge on any atom is -0.504 e. The van der Waals surface area contributed by atoms with E-state index in [0.29, 0.717) is 23.4 Å². The van der Waals surface area contributed by atoms with Gasteiger partial charge in [-0.2, -0.15) is 0 Å². The zero-order valence-electron chi connectivity index (χ0n) is 20.8. The van der Waals surface area contributed by atoms with E-state index in [9.17, 15) is 9.90 Å². The van der Waals surface area contributed by atoms with Crippen LogP contribution in [0.5, 0.6) is 11.5 Å². The van der Waals surface area contributed by atoms with Gasteiger partial charge in [0.1, 0.15) is 12.4 Å². The minimum absolute atomic E-state index is 0.0253. The molecule has 0 aliphatic heterocycles. The molecule has 2 aromatic carbocycles. The van der Waals surface area contributed by atoms with Crippen LogP contribution < -0.4 is 27.5 Å². The predicted molar refractivity (Wildman–Crippen MR) is 144 cm³/mol. The summed E-state index contributed by atoms with van der Waals surface area (Å²) in [5, 5.41) is 12.3. The molecule has 8 heteroatoms. The Morgan fingerprint density at radius 1 is 0.972 bits per heavy atom. The average Bonchev–Trinajstić information content (AvgIpc) is 2.87. The molecule has 3 rings (SSSR count). The summed E-state index contributed by atoms with van der Waals surface area (Å²) in [7, 11) is 0. The maximum Gasteiger partial charge on any atom is 0.205 e. The average molecular weight is 495 g/mol. The second-order valence-electron chi connectivity index (χ2n) is 8.98. The summed E-state index contributed by atoms with van der Waals surface area (Å²) in [4.78, 5) is 12.7. The smallest absolute Gasteiger partial charge is 0.205 e. The summed E-state index contributed by atoms with van der Waals surface area (Å²) >= 11 is 0. The molecule has 0 saturated carbocycles. The van der Waals surface area contributed by atoms with Gasteiger partial charge in [-0.1, -0.05) is 68.9 Å². The molecule has 1 heterocycles. The fraction of sp³-hybridized carbons (Fsp3) is 0.393. The van der Waals surface area contributed by atoms with Crippen molar-refractivity contribution in [2.45, 2.75) is 51.4 Å². The molecule has 0 fully saturated rings. The number of hydrogen-bond donors (Lipinski definition) is 4. The summed E-state index contributed by atoms with van der Waals surface area (Å²) in [6, 6.07) is 13.6. The lowest BCUT2D eigenvalue weighted by atomic mass is 10.1. The van der Waals surface area contributed by atoms with Crippen molar-refractivity contribution >= 4 is 11.0 Å². The van der Waals surface area contributed by atoms with Gasteiger partial charge in [0.05, 0.1) is 11.1 Å². The Balaban J connectivity index is 1.56. The Hall–Kier alpha value is -3.49. The number of unbranched alkanes of at least 4 members (excludes halogenated alkanes) is 7. The first-order valence-corrected chi connectivity index (χ1v) is 12.6. The Morgan fingerprint density at radius 3 is 2.33 bits per heavy atom. The highest BCUT2D eigenvalue weighted by Crippen LogP contribution is 2.35. The summed E-state index contributed by atoms with van der Waals surface area (Å²) in [5.74, 6) is 6.37. The predicted octanol–water partition coefficient (Wildman–Crippen LogP) is 4.60. The van der Waals surface area contributed by atoms with Crippen molar-refractivity contribution in [1.82, 2.24) is 5.01 Å². The zero-order chi connectivity index (χ0) is 25.8. The molecule has 0 spiro atoms. The van der Waals surface area contributed by atoms with Gasteiger partial charge in [0.15, 0.2) is 16.8 Å². The number of fused-ring (bicyclic) bond motifs is 1. The molecule has 0 amide bonds. The van der Waals surface area contributed by atoms with Crippen LogP contribution in [0, 0.1) is 0 Å². The van der Waals surface area contributed by atoms with Crippen LogP contribution in [0.25, 0.3) is 22.3 Å². The van der Waals surface area contributed by atoms with Crippen LogP contribution in [0.2, 0.25) is 0 Å². The van der Waals surface area contributed by atoms with Crippen LogP contribution in [0.15, 0.2) is 69.6 Å². The molecule has 3 aromatic rings. The van der Waals surface area contributed by atoms with Crippen molar-refractivity contribution in [1.29, 1.82) is 0 Å². The largest absolute Gasteiger partial charge is 0.504 e. The van der Waals surface area contributed by atoms with Gasteiger partial charge in [-0.05, 0) is 31.5 Å². The summed E-state index contributed by atoms with van der Waals surface area (Å²) in [6.07, 6.45) is 11.0. The Labute approximate surface area is 212 Å². The molecule has 0 aliphatic rings. The van der Waals surface area contributed by atoms with E-state index in [1.807, 2.05) is 30.3 Å². The van der Waals surface area contributed by atoms with E-state index in [1.54, 1.807) is 11.2 Å². The lowest BCUT2D eigenvalue weighted by molar-refractivity contribution is 0.316. The second kappa shape index (κ2) is 14.2. The number of phenols is 1. The topological polar surface area (TPSA) is 141 Å². The van der Waals surface area contributed by atoms with Crippen molar-refractivity contribution in [3.8, 4) is 22.8 Å². The van der Waals surface area contributed by atoms with Crippen molar-refractivity contribution in [3.63, 3.8) is 0 Å². The van der Waals surface area contributed by atoms with E-state index >= 15 is 0 Å². The zero-order valence-corrected chi connectivity index (χ0v) is 20.8. The third-order valence-corrected chi connectivity index (χ3v) is 5.97. The molecule has 0 saturated heterocycles. The molecular weight excluding hydrogens is 456 g/mol. The summed E-state index contributed by atoms with van der Waals surface area (Å²) in [5.41, 5.74) is 12.7. The highest BCUT2D eigenvalue weighted by Gasteiger charge is 2.16. The van der Waals surface area contributed by atoms with E-state index in [2.05, 4.69) is 0 Å². The van der Waals surface area contributed by atoms with Crippen molar-refractivity contribution in [3.05, 3.63) is 70.7 Å². The first kappa shape index (κ1) is 27.1. The molecule has 8 nitrogen and oxygen atoms in total. The van der Waals surface area contributed by atoms with Gasteiger partial charge < -0.3 is 30.7 Å². The molecular formula is C28H38N4O4. The van der Waals surface area contributed by atoms with Crippen molar-refractivity contribution < 1.29 is 14.3 Å². The normalized spacial score (nSPS) is 11.7. The van der Waals surface area contributed by atoms with Gasteiger partial charge in [0.2, 0.25) is 5.75 Å². The maximum absolute atomic E-state index is 12.7. The standard InChI is InChI=1S/C28H38N4O4/c29-16-10-5-3-1-2-4-6-11-17-32(31)19-22(30)20-35-28-24(33)15-14-23-25(34)18-26(36-27(23)28)21-12-8-7-9-13-21/h7-9,12-15,18-19,33H,1-6,10-11,16-17,20,29-31H2/b22-19-. The molecule has 0 radical (unpaired) electrons. The first-order chi connectivity index (χ1) is 17.5. The van der Waals surface area contributed by atoms with Gasteiger partial charge in [-0.15, -0.1) is 0 Å². The van der Waals surface area contributed by atoms with Gasteiger partial charge in [0, 0.05) is 24.4 Å². The van der Waals surface area contributed by atoms with E-state index in [0.717, 1.165) is 31.4 Å². The fourth-order valence-electron chi connectivity index (χ4n) is 4.04. The van der Waals surface area contributed by atoms with E-state index in [4.69, 9.17) is 26.5 Å².